The zero-order chi connectivity index (χ0) is 25.0. The van der Waals surface area contributed by atoms with Crippen LogP contribution in [-0.2, 0) is 11.3 Å². The van der Waals surface area contributed by atoms with Gasteiger partial charge in [-0.15, -0.1) is 0 Å². The predicted octanol–water partition coefficient (Wildman–Crippen LogP) is 4.55. The molecule has 6 rings (SSSR count). The van der Waals surface area contributed by atoms with Crippen LogP contribution in [0.4, 0.5) is 10.1 Å². The number of rotatable bonds is 5. The standard InChI is InChI=1S/C27H21FN4O4/c1-15-29-23-10-7-19(12-24(23)36-15)32(18-5-6-18)25(34)14-31-27(35)22-13-20(33)8-9-21(22)26(30-31)16-3-2-4-17(28)11-16/h2-4,7-13,18,33H,5-6,14H2,1H3. The third kappa shape index (κ3) is 3.88. The van der Waals surface area contributed by atoms with E-state index in [2.05, 4.69) is 10.1 Å². The number of oxazole rings is 1. The van der Waals surface area contributed by atoms with E-state index in [1.165, 1.54) is 24.3 Å². The number of aryl methyl sites for hydroxylation is 1. The van der Waals surface area contributed by atoms with E-state index < -0.39 is 11.4 Å². The molecule has 180 valence electrons. The lowest BCUT2D eigenvalue weighted by molar-refractivity contribution is -0.119. The Morgan fingerprint density at radius 1 is 1.14 bits per heavy atom. The number of phenolic OH excluding ortho intramolecular Hbond substituents is 1. The lowest BCUT2D eigenvalue weighted by atomic mass is 10.0. The van der Waals surface area contributed by atoms with Crippen LogP contribution >= 0.6 is 0 Å². The van der Waals surface area contributed by atoms with Crippen molar-refractivity contribution >= 4 is 33.5 Å². The number of phenols is 1. The molecule has 1 N–H and O–H groups in total. The summed E-state index contributed by atoms with van der Waals surface area (Å²) in [4.78, 5) is 32.8. The number of halogens is 1. The fourth-order valence-corrected chi connectivity index (χ4v) is 4.50. The summed E-state index contributed by atoms with van der Waals surface area (Å²) in [6, 6.07) is 15.6. The van der Waals surface area contributed by atoms with E-state index in [1.54, 1.807) is 42.2 Å². The number of nitrogens with zero attached hydrogens (tertiary/aromatic N) is 4. The van der Waals surface area contributed by atoms with Crippen LogP contribution in [0.2, 0.25) is 0 Å². The van der Waals surface area contributed by atoms with Crippen molar-refractivity contribution in [3.05, 3.63) is 82.7 Å². The van der Waals surface area contributed by atoms with Gasteiger partial charge in [-0.1, -0.05) is 12.1 Å². The van der Waals surface area contributed by atoms with Gasteiger partial charge in [0.1, 0.15) is 23.6 Å². The number of amides is 1. The zero-order valence-corrected chi connectivity index (χ0v) is 19.3. The number of fused-ring (bicyclic) bond motifs is 2. The van der Waals surface area contributed by atoms with Gasteiger partial charge < -0.3 is 14.4 Å². The number of aromatic hydroxyl groups is 1. The summed E-state index contributed by atoms with van der Waals surface area (Å²) in [7, 11) is 0. The minimum atomic E-state index is -0.522. The highest BCUT2D eigenvalue weighted by atomic mass is 19.1. The first kappa shape index (κ1) is 22.0. The molecule has 2 heterocycles. The predicted molar refractivity (Wildman–Crippen MR) is 132 cm³/mol. The molecule has 2 aromatic heterocycles. The molecule has 1 saturated carbocycles. The van der Waals surface area contributed by atoms with Crippen molar-refractivity contribution in [1.29, 1.82) is 0 Å². The highest BCUT2D eigenvalue weighted by molar-refractivity contribution is 5.97. The average Bonchev–Trinajstić information content (AvgIpc) is 3.60. The van der Waals surface area contributed by atoms with E-state index in [0.717, 1.165) is 17.5 Å². The first-order valence-corrected chi connectivity index (χ1v) is 11.6. The summed E-state index contributed by atoms with van der Waals surface area (Å²) in [6.45, 7) is 1.44. The lowest BCUT2D eigenvalue weighted by Crippen LogP contribution is -2.39. The molecule has 3 aromatic carbocycles. The Morgan fingerprint density at radius 3 is 2.75 bits per heavy atom. The molecular weight excluding hydrogens is 463 g/mol. The number of carbonyl (C=O) groups is 1. The molecule has 5 aromatic rings. The van der Waals surface area contributed by atoms with Crippen molar-refractivity contribution in [3.8, 4) is 17.0 Å². The van der Waals surface area contributed by atoms with E-state index >= 15 is 0 Å². The van der Waals surface area contributed by atoms with Crippen LogP contribution in [-0.4, -0.2) is 31.8 Å². The Hall–Kier alpha value is -4.53. The fraction of sp³-hybridized carbons (Fsp3) is 0.185. The van der Waals surface area contributed by atoms with Gasteiger partial charge in [0.2, 0.25) is 5.91 Å². The summed E-state index contributed by atoms with van der Waals surface area (Å²) >= 11 is 0. The number of aromatic nitrogens is 3. The van der Waals surface area contributed by atoms with Gasteiger partial charge >= 0.3 is 0 Å². The Kier molecular flexibility index (Phi) is 5.06. The maximum absolute atomic E-state index is 14.0. The molecule has 1 aliphatic rings. The van der Waals surface area contributed by atoms with E-state index in [4.69, 9.17) is 4.42 Å². The first-order valence-electron chi connectivity index (χ1n) is 11.6. The van der Waals surface area contributed by atoms with Crippen LogP contribution < -0.4 is 10.5 Å². The van der Waals surface area contributed by atoms with Gasteiger partial charge in [0.15, 0.2) is 11.5 Å². The first-order chi connectivity index (χ1) is 17.4. The molecule has 1 amide bonds. The molecular formula is C27H21FN4O4. The minimum absolute atomic E-state index is 0.0156. The average molecular weight is 484 g/mol. The molecule has 0 unspecified atom stereocenters. The topological polar surface area (TPSA) is 101 Å². The molecule has 0 saturated heterocycles. The quantitative estimate of drug-likeness (QED) is 0.393. The van der Waals surface area contributed by atoms with Crippen molar-refractivity contribution < 1.29 is 18.7 Å². The van der Waals surface area contributed by atoms with Crippen molar-refractivity contribution in [3.63, 3.8) is 0 Å². The second kappa shape index (κ2) is 8.30. The van der Waals surface area contributed by atoms with E-state index in [9.17, 15) is 19.1 Å². The molecule has 0 bridgehead atoms. The van der Waals surface area contributed by atoms with Crippen LogP contribution in [0, 0.1) is 12.7 Å². The highest BCUT2D eigenvalue weighted by Crippen LogP contribution is 2.34. The molecule has 0 atom stereocenters. The van der Waals surface area contributed by atoms with Crippen LogP contribution in [0.3, 0.4) is 0 Å². The van der Waals surface area contributed by atoms with E-state index in [0.29, 0.717) is 39.3 Å². The molecule has 1 fully saturated rings. The second-order valence-corrected chi connectivity index (χ2v) is 8.93. The van der Waals surface area contributed by atoms with Gasteiger partial charge in [-0.3, -0.25) is 9.59 Å². The summed E-state index contributed by atoms with van der Waals surface area (Å²) in [5, 5.41) is 15.1. The smallest absolute Gasteiger partial charge is 0.275 e. The second-order valence-electron chi connectivity index (χ2n) is 8.93. The maximum atomic E-state index is 14.0. The van der Waals surface area contributed by atoms with Crippen LogP contribution in [0.25, 0.3) is 33.1 Å². The Bertz CT molecular complexity index is 1720. The molecule has 36 heavy (non-hydrogen) atoms. The van der Waals surface area contributed by atoms with Gasteiger partial charge in [0.05, 0.1) is 11.1 Å². The minimum Gasteiger partial charge on any atom is -0.508 e. The van der Waals surface area contributed by atoms with Crippen molar-refractivity contribution in [2.75, 3.05) is 4.90 Å². The summed E-state index contributed by atoms with van der Waals surface area (Å²) in [5.74, 6) is -0.323. The van der Waals surface area contributed by atoms with Crippen LogP contribution in [0.5, 0.6) is 5.75 Å². The Balaban J connectivity index is 1.44. The van der Waals surface area contributed by atoms with Crippen LogP contribution in [0.15, 0.2) is 69.9 Å². The monoisotopic (exact) mass is 484 g/mol. The number of carbonyl (C=O) groups excluding carboxylic acids is 1. The van der Waals surface area contributed by atoms with Gasteiger partial charge in [-0.05, 0) is 55.3 Å². The Labute approximate surface area is 204 Å². The Morgan fingerprint density at radius 2 is 1.97 bits per heavy atom. The molecule has 8 nitrogen and oxygen atoms in total. The number of hydrogen-bond donors (Lipinski definition) is 1. The van der Waals surface area contributed by atoms with Crippen LogP contribution in [0.1, 0.15) is 18.7 Å². The third-order valence-electron chi connectivity index (χ3n) is 6.26. The van der Waals surface area contributed by atoms with Crippen molar-refractivity contribution in [2.24, 2.45) is 0 Å². The molecule has 0 spiro atoms. The normalized spacial score (nSPS) is 13.4. The van der Waals surface area contributed by atoms with E-state index in [1.807, 2.05) is 6.07 Å². The molecule has 0 radical (unpaired) electrons. The van der Waals surface area contributed by atoms with Gasteiger partial charge in [-0.2, -0.15) is 5.10 Å². The molecule has 1 aliphatic carbocycles. The summed E-state index contributed by atoms with van der Waals surface area (Å²) in [6.07, 6.45) is 1.70. The number of anilines is 1. The number of hydrogen-bond acceptors (Lipinski definition) is 6. The maximum Gasteiger partial charge on any atom is 0.275 e. The van der Waals surface area contributed by atoms with Crippen molar-refractivity contribution in [2.45, 2.75) is 32.4 Å². The molecule has 9 heteroatoms. The zero-order valence-electron chi connectivity index (χ0n) is 19.3. The fourth-order valence-electron chi connectivity index (χ4n) is 4.50. The largest absolute Gasteiger partial charge is 0.508 e. The lowest BCUT2D eigenvalue weighted by Gasteiger charge is -2.23. The SMILES string of the molecule is Cc1nc2ccc(N(C(=O)Cn3nc(-c4cccc(F)c4)c4ccc(O)cc4c3=O)C3CC3)cc2o1. The third-order valence-corrected chi connectivity index (χ3v) is 6.26. The van der Waals surface area contributed by atoms with Crippen molar-refractivity contribution in [1.82, 2.24) is 14.8 Å². The highest BCUT2D eigenvalue weighted by Gasteiger charge is 2.34. The number of benzene rings is 3. The molecule has 0 aliphatic heterocycles. The van der Waals surface area contributed by atoms with Gasteiger partial charge in [0.25, 0.3) is 5.56 Å². The van der Waals surface area contributed by atoms with Gasteiger partial charge in [-0.25, -0.2) is 14.1 Å². The summed E-state index contributed by atoms with van der Waals surface area (Å²) in [5.41, 5.74) is 2.21. The summed E-state index contributed by atoms with van der Waals surface area (Å²) < 4.78 is 20.7. The van der Waals surface area contributed by atoms with Gasteiger partial charge in [0, 0.05) is 35.7 Å². The van der Waals surface area contributed by atoms with E-state index in [-0.39, 0.29) is 29.6 Å².